The number of nitrogens with zero attached hydrogens (tertiary/aromatic N) is 1. The fraction of sp³-hybridized carbons (Fsp3) is 0.438. The number of carboxylic acids is 1. The number of hydrogen-bond donors (Lipinski definition) is 1. The Kier molecular flexibility index (Phi) is 6.79. The Bertz CT molecular complexity index is 485. The molecule has 0 heterocycles. The summed E-state index contributed by atoms with van der Waals surface area (Å²) in [6.45, 7) is 8.57. The molecule has 0 aliphatic rings. The molecular formula is C16H22BrNO2. The summed E-state index contributed by atoms with van der Waals surface area (Å²) in [5, 5.41) is 8.64. The highest BCUT2D eigenvalue weighted by Crippen LogP contribution is 2.28. The largest absolute Gasteiger partial charge is 0.478 e. The molecule has 4 heteroatoms. The van der Waals surface area contributed by atoms with Crippen LogP contribution >= 0.6 is 15.9 Å². The molecular weight excluding hydrogens is 318 g/mol. The summed E-state index contributed by atoms with van der Waals surface area (Å²) >= 11 is 3.58. The normalized spacial score (nSPS) is 12.6. The molecule has 1 aromatic rings. The van der Waals surface area contributed by atoms with Crippen molar-refractivity contribution >= 4 is 33.7 Å². The molecule has 20 heavy (non-hydrogen) atoms. The highest BCUT2D eigenvalue weighted by Gasteiger charge is 2.11. The van der Waals surface area contributed by atoms with Gasteiger partial charge in [0.2, 0.25) is 0 Å². The SMILES string of the molecule is CCC(C)CN(CC)c1ccc(/C=C/C(=O)O)cc1Br. The lowest BCUT2D eigenvalue weighted by atomic mass is 10.1. The van der Waals surface area contributed by atoms with Crippen LogP contribution in [0.2, 0.25) is 0 Å². The molecule has 0 aliphatic carbocycles. The molecule has 0 aliphatic heterocycles. The average molecular weight is 340 g/mol. The van der Waals surface area contributed by atoms with Crippen LogP contribution < -0.4 is 4.90 Å². The van der Waals surface area contributed by atoms with Crippen LogP contribution in [0.1, 0.15) is 32.8 Å². The second-order valence-electron chi connectivity index (χ2n) is 4.93. The molecule has 1 unspecified atom stereocenters. The number of halogens is 1. The van der Waals surface area contributed by atoms with Gasteiger partial charge in [-0.25, -0.2) is 4.79 Å². The fourth-order valence-electron chi connectivity index (χ4n) is 1.95. The fourth-order valence-corrected chi connectivity index (χ4v) is 2.60. The predicted molar refractivity (Wildman–Crippen MR) is 88.2 cm³/mol. The second kappa shape index (κ2) is 8.10. The van der Waals surface area contributed by atoms with Gasteiger partial charge >= 0.3 is 5.97 Å². The van der Waals surface area contributed by atoms with Crippen molar-refractivity contribution in [2.45, 2.75) is 27.2 Å². The monoisotopic (exact) mass is 339 g/mol. The Morgan fingerprint density at radius 3 is 2.65 bits per heavy atom. The van der Waals surface area contributed by atoms with Gasteiger partial charge < -0.3 is 10.0 Å². The van der Waals surface area contributed by atoms with E-state index in [2.05, 4.69) is 41.6 Å². The Morgan fingerprint density at radius 2 is 2.15 bits per heavy atom. The van der Waals surface area contributed by atoms with Crippen LogP contribution in [0.25, 0.3) is 6.08 Å². The molecule has 0 saturated carbocycles. The zero-order valence-corrected chi connectivity index (χ0v) is 13.9. The summed E-state index contributed by atoms with van der Waals surface area (Å²) in [5.74, 6) is -0.286. The number of benzene rings is 1. The minimum atomic E-state index is -0.933. The van der Waals surface area contributed by atoms with E-state index in [1.807, 2.05) is 18.2 Å². The minimum absolute atomic E-state index is 0.647. The lowest BCUT2D eigenvalue weighted by Gasteiger charge is -2.27. The summed E-state index contributed by atoms with van der Waals surface area (Å²) in [6.07, 6.45) is 3.91. The summed E-state index contributed by atoms with van der Waals surface area (Å²) in [7, 11) is 0. The van der Waals surface area contributed by atoms with E-state index in [1.54, 1.807) is 6.08 Å². The van der Waals surface area contributed by atoms with Gasteiger partial charge in [-0.05, 0) is 52.5 Å². The third-order valence-electron chi connectivity index (χ3n) is 3.34. The molecule has 0 radical (unpaired) electrons. The smallest absolute Gasteiger partial charge is 0.328 e. The maximum Gasteiger partial charge on any atom is 0.328 e. The second-order valence-corrected chi connectivity index (χ2v) is 5.79. The average Bonchev–Trinajstić information content (AvgIpc) is 2.42. The van der Waals surface area contributed by atoms with E-state index in [0.29, 0.717) is 5.92 Å². The quantitative estimate of drug-likeness (QED) is 0.747. The topological polar surface area (TPSA) is 40.5 Å². The molecule has 1 atom stereocenters. The Balaban J connectivity index is 2.93. The van der Waals surface area contributed by atoms with E-state index in [-0.39, 0.29) is 0 Å². The first-order chi connectivity index (χ1) is 9.47. The zero-order chi connectivity index (χ0) is 15.1. The zero-order valence-electron chi connectivity index (χ0n) is 12.3. The van der Waals surface area contributed by atoms with E-state index in [1.165, 1.54) is 0 Å². The molecule has 0 fully saturated rings. The Morgan fingerprint density at radius 1 is 1.45 bits per heavy atom. The molecule has 0 bridgehead atoms. The van der Waals surface area contributed by atoms with Crippen molar-refractivity contribution in [2.75, 3.05) is 18.0 Å². The van der Waals surface area contributed by atoms with Gasteiger partial charge in [-0.15, -0.1) is 0 Å². The lowest BCUT2D eigenvalue weighted by molar-refractivity contribution is -0.131. The van der Waals surface area contributed by atoms with Gasteiger partial charge in [0.15, 0.2) is 0 Å². The highest BCUT2D eigenvalue weighted by atomic mass is 79.9. The number of carboxylic acid groups (broad SMARTS) is 1. The summed E-state index contributed by atoms with van der Waals surface area (Å²) in [4.78, 5) is 12.9. The first-order valence-corrected chi connectivity index (χ1v) is 7.72. The maximum absolute atomic E-state index is 10.5. The van der Waals surface area contributed by atoms with Crippen molar-refractivity contribution < 1.29 is 9.90 Å². The number of rotatable bonds is 7. The molecule has 0 amide bonds. The van der Waals surface area contributed by atoms with Crippen LogP contribution in [0.3, 0.4) is 0 Å². The predicted octanol–water partition coefficient (Wildman–Crippen LogP) is 4.42. The van der Waals surface area contributed by atoms with Gasteiger partial charge in [0.1, 0.15) is 0 Å². The summed E-state index contributed by atoms with van der Waals surface area (Å²) < 4.78 is 0.996. The van der Waals surface area contributed by atoms with Crippen molar-refractivity contribution in [2.24, 2.45) is 5.92 Å². The summed E-state index contributed by atoms with van der Waals surface area (Å²) in [6, 6.07) is 5.93. The standard InChI is InChI=1S/C16H22BrNO2/c1-4-12(3)11-18(5-2)15-8-6-13(10-14(15)17)7-9-16(19)20/h6-10,12H,4-5,11H2,1-3H3,(H,19,20)/b9-7+. The van der Waals surface area contributed by atoms with Crippen LogP contribution in [-0.4, -0.2) is 24.2 Å². The highest BCUT2D eigenvalue weighted by molar-refractivity contribution is 9.10. The van der Waals surface area contributed by atoms with E-state index in [4.69, 9.17) is 5.11 Å². The first-order valence-electron chi connectivity index (χ1n) is 6.93. The van der Waals surface area contributed by atoms with E-state index >= 15 is 0 Å². The lowest BCUT2D eigenvalue weighted by Crippen LogP contribution is -2.28. The molecule has 0 aromatic heterocycles. The first kappa shape index (κ1) is 16.8. The molecule has 3 nitrogen and oxygen atoms in total. The van der Waals surface area contributed by atoms with Crippen LogP contribution in [0.5, 0.6) is 0 Å². The minimum Gasteiger partial charge on any atom is -0.478 e. The van der Waals surface area contributed by atoms with Crippen LogP contribution in [0, 0.1) is 5.92 Å². The number of carbonyl (C=O) groups is 1. The number of anilines is 1. The summed E-state index contributed by atoms with van der Waals surface area (Å²) in [5.41, 5.74) is 2.03. The number of hydrogen-bond acceptors (Lipinski definition) is 2. The van der Waals surface area contributed by atoms with Gasteiger partial charge in [-0.3, -0.25) is 0 Å². The Labute approximate surface area is 129 Å². The molecule has 1 rings (SSSR count). The maximum atomic E-state index is 10.5. The molecule has 1 aromatic carbocycles. The van der Waals surface area contributed by atoms with E-state index in [9.17, 15) is 4.79 Å². The van der Waals surface area contributed by atoms with Crippen molar-refractivity contribution in [3.8, 4) is 0 Å². The van der Waals surface area contributed by atoms with Gasteiger partial charge in [0.25, 0.3) is 0 Å². The van der Waals surface area contributed by atoms with Crippen molar-refractivity contribution in [3.05, 3.63) is 34.3 Å². The van der Waals surface area contributed by atoms with Crippen molar-refractivity contribution in [1.82, 2.24) is 0 Å². The van der Waals surface area contributed by atoms with Crippen LogP contribution in [0.4, 0.5) is 5.69 Å². The molecule has 1 N–H and O–H groups in total. The third-order valence-corrected chi connectivity index (χ3v) is 3.98. The van der Waals surface area contributed by atoms with Crippen LogP contribution in [-0.2, 0) is 4.79 Å². The van der Waals surface area contributed by atoms with E-state index in [0.717, 1.165) is 41.3 Å². The number of aliphatic carboxylic acids is 1. The molecule has 110 valence electrons. The third kappa shape index (κ3) is 5.00. The van der Waals surface area contributed by atoms with Crippen LogP contribution in [0.15, 0.2) is 28.7 Å². The van der Waals surface area contributed by atoms with Gasteiger partial charge in [-0.2, -0.15) is 0 Å². The van der Waals surface area contributed by atoms with Crippen molar-refractivity contribution in [1.29, 1.82) is 0 Å². The Hall–Kier alpha value is -1.29. The van der Waals surface area contributed by atoms with Gasteiger partial charge in [0.05, 0.1) is 5.69 Å². The van der Waals surface area contributed by atoms with Gasteiger partial charge in [-0.1, -0.05) is 26.3 Å². The molecule has 0 spiro atoms. The molecule has 0 saturated heterocycles. The van der Waals surface area contributed by atoms with Crippen molar-refractivity contribution in [3.63, 3.8) is 0 Å². The van der Waals surface area contributed by atoms with E-state index < -0.39 is 5.97 Å². The van der Waals surface area contributed by atoms with Gasteiger partial charge in [0, 0.05) is 23.6 Å².